The summed E-state index contributed by atoms with van der Waals surface area (Å²) in [6.45, 7) is 9.83. The molecule has 29 heavy (non-hydrogen) atoms. The monoisotopic (exact) mass is 393 g/mol. The molecule has 1 aliphatic carbocycles. The highest BCUT2D eigenvalue weighted by Crippen LogP contribution is 2.47. The second kappa shape index (κ2) is 9.13. The number of hydrogen-bond donors (Lipinski definition) is 0. The Labute approximate surface area is 176 Å². The van der Waals surface area contributed by atoms with E-state index in [2.05, 4.69) is 93.3 Å². The Morgan fingerprint density at radius 2 is 1.62 bits per heavy atom. The predicted octanol–water partition coefficient (Wildman–Crippen LogP) is 5.86. The number of benzene rings is 2. The Morgan fingerprint density at radius 3 is 2.17 bits per heavy atom. The average molecular weight is 394 g/mol. The quantitative estimate of drug-likeness (QED) is 0.575. The van der Waals surface area contributed by atoms with Crippen molar-refractivity contribution in [2.75, 3.05) is 7.11 Å². The van der Waals surface area contributed by atoms with Crippen LogP contribution in [0.25, 0.3) is 0 Å². The summed E-state index contributed by atoms with van der Waals surface area (Å²) >= 11 is 0. The fourth-order valence-electron chi connectivity index (χ4n) is 5.04. The van der Waals surface area contributed by atoms with E-state index < -0.39 is 0 Å². The topological polar surface area (TPSA) is 29.5 Å². The number of carbonyl (C=O) groups is 1. The molecule has 4 atom stereocenters. The molecule has 156 valence electrons. The zero-order valence-corrected chi connectivity index (χ0v) is 18.5. The highest BCUT2D eigenvalue weighted by molar-refractivity contribution is 5.74. The largest absolute Gasteiger partial charge is 0.469 e. The normalized spacial score (nSPS) is 23.2. The van der Waals surface area contributed by atoms with Crippen molar-refractivity contribution in [3.05, 3.63) is 71.8 Å². The minimum atomic E-state index is -0.102. The fraction of sp³-hybridized carbons (Fsp3) is 0.500. The van der Waals surface area contributed by atoms with Gasteiger partial charge in [0, 0.05) is 18.6 Å². The Hall–Kier alpha value is -2.13. The van der Waals surface area contributed by atoms with Crippen molar-refractivity contribution in [2.45, 2.75) is 59.2 Å². The number of rotatable bonds is 6. The molecule has 0 spiro atoms. The van der Waals surface area contributed by atoms with Crippen LogP contribution >= 0.6 is 0 Å². The van der Waals surface area contributed by atoms with E-state index in [1.807, 2.05) is 0 Å². The van der Waals surface area contributed by atoms with Crippen LogP contribution in [0, 0.1) is 17.3 Å². The summed E-state index contributed by atoms with van der Waals surface area (Å²) in [5, 5.41) is 0. The van der Waals surface area contributed by atoms with E-state index in [9.17, 15) is 4.79 Å². The van der Waals surface area contributed by atoms with E-state index in [1.54, 1.807) is 0 Å². The van der Waals surface area contributed by atoms with Gasteiger partial charge < -0.3 is 4.74 Å². The number of methoxy groups -OCH3 is 1. The highest BCUT2D eigenvalue weighted by atomic mass is 16.5. The van der Waals surface area contributed by atoms with Gasteiger partial charge in [0.25, 0.3) is 0 Å². The van der Waals surface area contributed by atoms with Crippen molar-refractivity contribution in [1.29, 1.82) is 0 Å². The Kier molecular flexibility index (Phi) is 6.79. The lowest BCUT2D eigenvalue weighted by Gasteiger charge is -2.40. The van der Waals surface area contributed by atoms with Crippen LogP contribution < -0.4 is 0 Å². The van der Waals surface area contributed by atoms with Crippen molar-refractivity contribution in [1.82, 2.24) is 4.90 Å². The molecule has 0 aliphatic heterocycles. The van der Waals surface area contributed by atoms with Gasteiger partial charge in [0.05, 0.1) is 13.0 Å². The maximum Gasteiger partial charge on any atom is 0.310 e. The van der Waals surface area contributed by atoms with Gasteiger partial charge in [0.1, 0.15) is 0 Å². The van der Waals surface area contributed by atoms with Gasteiger partial charge in [-0.05, 0) is 42.2 Å². The number of nitrogens with zero attached hydrogens (tertiary/aromatic N) is 1. The maximum absolute atomic E-state index is 12.9. The summed E-state index contributed by atoms with van der Waals surface area (Å²) < 4.78 is 5.31. The van der Waals surface area contributed by atoms with E-state index in [1.165, 1.54) is 18.2 Å². The molecule has 0 unspecified atom stereocenters. The van der Waals surface area contributed by atoms with E-state index in [-0.39, 0.29) is 29.4 Å². The minimum absolute atomic E-state index is 0.0641. The third-order valence-electron chi connectivity index (χ3n) is 6.62. The molecule has 0 amide bonds. The summed E-state index contributed by atoms with van der Waals surface area (Å²) in [6.07, 6.45) is 2.08. The van der Waals surface area contributed by atoms with Crippen LogP contribution in [0.15, 0.2) is 60.7 Å². The molecule has 0 N–H and O–H groups in total. The van der Waals surface area contributed by atoms with Crippen molar-refractivity contribution >= 4 is 5.97 Å². The molecule has 0 saturated heterocycles. The molecule has 3 heteroatoms. The fourth-order valence-corrected chi connectivity index (χ4v) is 5.04. The first-order valence-corrected chi connectivity index (χ1v) is 10.8. The van der Waals surface area contributed by atoms with E-state index in [4.69, 9.17) is 4.74 Å². The number of esters is 1. The predicted molar refractivity (Wildman–Crippen MR) is 118 cm³/mol. The molecule has 3 nitrogen and oxygen atoms in total. The lowest BCUT2D eigenvalue weighted by Crippen LogP contribution is -2.45. The number of hydrogen-bond acceptors (Lipinski definition) is 3. The van der Waals surface area contributed by atoms with Crippen LogP contribution in [0.4, 0.5) is 0 Å². The molecule has 0 radical (unpaired) electrons. The van der Waals surface area contributed by atoms with Crippen LogP contribution in [0.5, 0.6) is 0 Å². The summed E-state index contributed by atoms with van der Waals surface area (Å²) in [7, 11) is 1.53. The van der Waals surface area contributed by atoms with Crippen molar-refractivity contribution < 1.29 is 9.53 Å². The lowest BCUT2D eigenvalue weighted by atomic mass is 9.74. The van der Waals surface area contributed by atoms with Crippen molar-refractivity contribution in [3.63, 3.8) is 0 Å². The van der Waals surface area contributed by atoms with Gasteiger partial charge in [0.2, 0.25) is 0 Å². The standard InChI is InChI=1S/C26H35NO2/c1-19(21-14-10-7-11-15-21)27(18-20-12-8-6-9-13-20)23-17-16-22(26(2,3)4)24(23)25(28)29-5/h6-15,19,22-24H,16-18H2,1-5H3/t19-,22+,23+,24-/m0/s1. The first kappa shape index (κ1) is 21.6. The van der Waals surface area contributed by atoms with Gasteiger partial charge >= 0.3 is 5.97 Å². The molecule has 0 heterocycles. The molecule has 0 bridgehead atoms. The molecular formula is C26H35NO2. The molecule has 2 aromatic carbocycles. The summed E-state index contributed by atoms with van der Waals surface area (Å²) in [6, 6.07) is 21.6. The number of carbonyl (C=O) groups excluding carboxylic acids is 1. The smallest absolute Gasteiger partial charge is 0.310 e. The summed E-state index contributed by atoms with van der Waals surface area (Å²) in [4.78, 5) is 15.5. The molecule has 1 saturated carbocycles. The molecule has 3 rings (SSSR count). The van der Waals surface area contributed by atoms with Gasteiger partial charge in [-0.15, -0.1) is 0 Å². The van der Waals surface area contributed by atoms with Crippen LogP contribution in [0.3, 0.4) is 0 Å². The minimum Gasteiger partial charge on any atom is -0.469 e. The zero-order valence-electron chi connectivity index (χ0n) is 18.5. The van der Waals surface area contributed by atoms with Crippen LogP contribution in [-0.2, 0) is 16.1 Å². The summed E-state index contributed by atoms with van der Waals surface area (Å²) in [5.74, 6) is 0.154. The first-order chi connectivity index (χ1) is 13.8. The van der Waals surface area contributed by atoms with E-state index >= 15 is 0 Å². The third-order valence-corrected chi connectivity index (χ3v) is 6.62. The molecule has 0 aromatic heterocycles. The van der Waals surface area contributed by atoms with Gasteiger partial charge in [0.15, 0.2) is 0 Å². The van der Waals surface area contributed by atoms with Crippen LogP contribution in [-0.4, -0.2) is 24.0 Å². The molecule has 2 aromatic rings. The van der Waals surface area contributed by atoms with Crippen LogP contribution in [0.2, 0.25) is 0 Å². The second-order valence-electron chi connectivity index (χ2n) is 9.41. The van der Waals surface area contributed by atoms with E-state index in [0.29, 0.717) is 5.92 Å². The van der Waals surface area contributed by atoms with E-state index in [0.717, 1.165) is 19.4 Å². The van der Waals surface area contributed by atoms with Gasteiger partial charge in [-0.25, -0.2) is 0 Å². The Balaban J connectivity index is 1.98. The number of ether oxygens (including phenoxy) is 1. The Morgan fingerprint density at radius 1 is 1.03 bits per heavy atom. The molecular weight excluding hydrogens is 358 g/mol. The SMILES string of the molecule is COC(=O)[C@@H]1[C@H](N(Cc2ccccc2)[C@@H](C)c2ccccc2)CC[C@H]1C(C)(C)C. The molecule has 1 fully saturated rings. The second-order valence-corrected chi connectivity index (χ2v) is 9.41. The van der Waals surface area contributed by atoms with Crippen LogP contribution in [0.1, 0.15) is 57.7 Å². The highest BCUT2D eigenvalue weighted by Gasteiger charge is 2.49. The first-order valence-electron chi connectivity index (χ1n) is 10.8. The third kappa shape index (κ3) is 4.90. The summed E-state index contributed by atoms with van der Waals surface area (Å²) in [5.41, 5.74) is 2.63. The Bertz CT molecular complexity index is 781. The van der Waals surface area contributed by atoms with Gasteiger partial charge in [-0.2, -0.15) is 0 Å². The van der Waals surface area contributed by atoms with Gasteiger partial charge in [-0.1, -0.05) is 81.4 Å². The van der Waals surface area contributed by atoms with Gasteiger partial charge in [-0.3, -0.25) is 9.69 Å². The lowest BCUT2D eigenvalue weighted by molar-refractivity contribution is -0.151. The maximum atomic E-state index is 12.9. The average Bonchev–Trinajstić information content (AvgIpc) is 3.18. The van der Waals surface area contributed by atoms with Crippen molar-refractivity contribution in [2.24, 2.45) is 17.3 Å². The molecule has 1 aliphatic rings. The van der Waals surface area contributed by atoms with Crippen molar-refractivity contribution in [3.8, 4) is 0 Å². The zero-order chi connectivity index (χ0) is 21.0.